The van der Waals surface area contributed by atoms with Crippen molar-refractivity contribution in [1.82, 2.24) is 4.90 Å². The Hall–Kier alpha value is -2.39. The lowest BCUT2D eigenvalue weighted by molar-refractivity contribution is -0.140. The van der Waals surface area contributed by atoms with Crippen LogP contribution in [0.1, 0.15) is 26.3 Å². The number of imide groups is 1. The standard InChI is InChI=1S/C17H20N2O4/c1-11(2)14-9-23-16(21)19(14)15(20)12(3)17(22,10-18)13-7-5-4-6-8-13/h4-8,11-12,14,22H,9H2,1-3H3. The molecular formula is C17H20N2O4. The van der Waals surface area contributed by atoms with Gasteiger partial charge in [-0.25, -0.2) is 9.69 Å². The summed E-state index contributed by atoms with van der Waals surface area (Å²) in [7, 11) is 0. The van der Waals surface area contributed by atoms with E-state index in [4.69, 9.17) is 4.74 Å². The molecule has 1 aliphatic heterocycles. The van der Waals surface area contributed by atoms with E-state index in [1.165, 1.54) is 6.92 Å². The highest BCUT2D eigenvalue weighted by atomic mass is 16.6. The Labute approximate surface area is 135 Å². The molecule has 0 aromatic heterocycles. The summed E-state index contributed by atoms with van der Waals surface area (Å²) >= 11 is 0. The molecule has 2 rings (SSSR count). The van der Waals surface area contributed by atoms with Gasteiger partial charge in [0.15, 0.2) is 5.60 Å². The van der Waals surface area contributed by atoms with E-state index in [1.54, 1.807) is 30.3 Å². The molecule has 1 fully saturated rings. The second kappa shape index (κ2) is 6.39. The zero-order valence-corrected chi connectivity index (χ0v) is 13.4. The molecule has 122 valence electrons. The monoisotopic (exact) mass is 316 g/mol. The molecule has 6 heteroatoms. The summed E-state index contributed by atoms with van der Waals surface area (Å²) in [4.78, 5) is 25.7. The van der Waals surface area contributed by atoms with Gasteiger partial charge in [0.25, 0.3) is 0 Å². The third kappa shape index (κ3) is 2.92. The van der Waals surface area contributed by atoms with Crippen molar-refractivity contribution in [2.75, 3.05) is 6.61 Å². The van der Waals surface area contributed by atoms with E-state index in [0.717, 1.165) is 4.90 Å². The molecule has 23 heavy (non-hydrogen) atoms. The van der Waals surface area contributed by atoms with Crippen molar-refractivity contribution in [1.29, 1.82) is 5.26 Å². The summed E-state index contributed by atoms with van der Waals surface area (Å²) in [6.45, 7) is 5.34. The van der Waals surface area contributed by atoms with Gasteiger partial charge in [-0.2, -0.15) is 5.26 Å². The maximum atomic E-state index is 12.8. The van der Waals surface area contributed by atoms with Gasteiger partial charge in [0.1, 0.15) is 12.7 Å². The van der Waals surface area contributed by atoms with Crippen molar-refractivity contribution >= 4 is 12.0 Å². The van der Waals surface area contributed by atoms with Crippen molar-refractivity contribution in [2.45, 2.75) is 32.4 Å². The summed E-state index contributed by atoms with van der Waals surface area (Å²) in [6.07, 6.45) is -0.728. The number of nitriles is 1. The number of ether oxygens (including phenoxy) is 1. The van der Waals surface area contributed by atoms with E-state index in [-0.39, 0.29) is 12.5 Å². The van der Waals surface area contributed by atoms with Gasteiger partial charge in [-0.15, -0.1) is 0 Å². The molecule has 0 radical (unpaired) electrons. The fraction of sp³-hybridized carbons (Fsp3) is 0.471. The van der Waals surface area contributed by atoms with Gasteiger partial charge in [-0.05, 0) is 18.4 Å². The highest BCUT2D eigenvalue weighted by Crippen LogP contribution is 2.32. The fourth-order valence-corrected chi connectivity index (χ4v) is 2.67. The maximum absolute atomic E-state index is 12.8. The largest absolute Gasteiger partial charge is 0.447 e. The molecule has 0 spiro atoms. The third-order valence-electron chi connectivity index (χ3n) is 4.29. The quantitative estimate of drug-likeness (QED) is 0.858. The van der Waals surface area contributed by atoms with Crippen molar-refractivity contribution in [2.24, 2.45) is 11.8 Å². The number of amides is 2. The summed E-state index contributed by atoms with van der Waals surface area (Å²) < 4.78 is 4.96. The highest BCUT2D eigenvalue weighted by molar-refractivity contribution is 5.95. The zero-order chi connectivity index (χ0) is 17.2. The van der Waals surface area contributed by atoms with Crippen LogP contribution in [-0.2, 0) is 15.1 Å². The van der Waals surface area contributed by atoms with Crippen molar-refractivity contribution < 1.29 is 19.4 Å². The SMILES string of the molecule is CC(C)C1COC(=O)N1C(=O)C(C)C(O)(C#N)c1ccccc1. The third-order valence-corrected chi connectivity index (χ3v) is 4.29. The zero-order valence-electron chi connectivity index (χ0n) is 13.4. The Morgan fingerprint density at radius 3 is 2.52 bits per heavy atom. The Bertz CT molecular complexity index is 638. The average Bonchev–Trinajstić information content (AvgIpc) is 2.95. The molecule has 3 atom stereocenters. The van der Waals surface area contributed by atoms with E-state index in [9.17, 15) is 20.0 Å². The molecule has 1 aliphatic rings. The Balaban J connectivity index is 2.34. The van der Waals surface area contributed by atoms with Crippen LogP contribution in [0.3, 0.4) is 0 Å². The van der Waals surface area contributed by atoms with Crippen LogP contribution in [0.4, 0.5) is 4.79 Å². The first-order valence-corrected chi connectivity index (χ1v) is 7.52. The molecule has 0 bridgehead atoms. The molecule has 1 saturated heterocycles. The van der Waals surface area contributed by atoms with E-state index in [2.05, 4.69) is 0 Å². The number of rotatable bonds is 4. The van der Waals surface area contributed by atoms with Crippen LogP contribution < -0.4 is 0 Å². The molecule has 6 nitrogen and oxygen atoms in total. The van der Waals surface area contributed by atoms with E-state index in [0.29, 0.717) is 5.56 Å². The minimum atomic E-state index is -2.01. The van der Waals surface area contributed by atoms with Gasteiger partial charge in [0, 0.05) is 0 Å². The average molecular weight is 316 g/mol. The second-order valence-electron chi connectivity index (χ2n) is 6.06. The first kappa shape index (κ1) is 17.0. The highest BCUT2D eigenvalue weighted by Gasteiger charge is 2.48. The molecule has 2 amide bonds. The summed E-state index contributed by atoms with van der Waals surface area (Å²) in [5.41, 5.74) is -1.69. The van der Waals surface area contributed by atoms with E-state index < -0.39 is 29.6 Å². The molecule has 1 N–H and O–H groups in total. The Morgan fingerprint density at radius 1 is 1.39 bits per heavy atom. The van der Waals surface area contributed by atoms with Crippen molar-refractivity contribution in [3.05, 3.63) is 35.9 Å². The Morgan fingerprint density at radius 2 is 2.00 bits per heavy atom. The number of aliphatic hydroxyl groups is 1. The molecular weight excluding hydrogens is 296 g/mol. The smallest absolute Gasteiger partial charge is 0.416 e. The number of nitrogens with zero attached hydrogens (tertiary/aromatic N) is 2. The molecule has 0 saturated carbocycles. The van der Waals surface area contributed by atoms with Gasteiger partial charge < -0.3 is 9.84 Å². The van der Waals surface area contributed by atoms with Gasteiger partial charge >= 0.3 is 6.09 Å². The Kier molecular flexibility index (Phi) is 4.71. The van der Waals surface area contributed by atoms with Crippen LogP contribution in [0.2, 0.25) is 0 Å². The van der Waals surface area contributed by atoms with Crippen LogP contribution in [-0.4, -0.2) is 34.7 Å². The molecule has 0 aliphatic carbocycles. The summed E-state index contributed by atoms with van der Waals surface area (Å²) in [5.74, 6) is -1.70. The predicted octanol–water partition coefficient (Wildman–Crippen LogP) is 2.04. The molecule has 1 aromatic carbocycles. The number of hydrogen-bond donors (Lipinski definition) is 1. The van der Waals surface area contributed by atoms with Gasteiger partial charge in [0.05, 0.1) is 12.0 Å². The number of carbonyl (C=O) groups excluding carboxylic acids is 2. The van der Waals surface area contributed by atoms with Crippen LogP contribution in [0.15, 0.2) is 30.3 Å². The van der Waals surface area contributed by atoms with Gasteiger partial charge in [-0.3, -0.25) is 4.79 Å². The van der Waals surface area contributed by atoms with E-state index in [1.807, 2.05) is 19.9 Å². The number of carbonyl (C=O) groups is 2. The number of cyclic esters (lactones) is 1. The lowest BCUT2D eigenvalue weighted by atomic mass is 9.82. The lowest BCUT2D eigenvalue weighted by Gasteiger charge is -2.31. The maximum Gasteiger partial charge on any atom is 0.416 e. The van der Waals surface area contributed by atoms with Crippen LogP contribution >= 0.6 is 0 Å². The van der Waals surface area contributed by atoms with Crippen molar-refractivity contribution in [3.8, 4) is 6.07 Å². The first-order valence-electron chi connectivity index (χ1n) is 7.52. The fourth-order valence-electron chi connectivity index (χ4n) is 2.67. The van der Waals surface area contributed by atoms with E-state index >= 15 is 0 Å². The van der Waals surface area contributed by atoms with Gasteiger partial charge in [0.2, 0.25) is 5.91 Å². The van der Waals surface area contributed by atoms with Crippen LogP contribution in [0, 0.1) is 23.2 Å². The first-order chi connectivity index (χ1) is 10.8. The molecule has 1 aromatic rings. The minimum Gasteiger partial charge on any atom is -0.447 e. The number of hydrogen-bond acceptors (Lipinski definition) is 5. The van der Waals surface area contributed by atoms with Gasteiger partial charge in [-0.1, -0.05) is 44.2 Å². The van der Waals surface area contributed by atoms with Crippen molar-refractivity contribution in [3.63, 3.8) is 0 Å². The molecule has 3 unspecified atom stereocenters. The normalized spacial score (nSPS) is 21.5. The summed E-state index contributed by atoms with van der Waals surface area (Å²) in [6, 6.07) is 9.68. The second-order valence-corrected chi connectivity index (χ2v) is 6.06. The lowest BCUT2D eigenvalue weighted by Crippen LogP contribution is -2.49. The van der Waals surface area contributed by atoms with Crippen LogP contribution in [0.5, 0.6) is 0 Å². The summed E-state index contributed by atoms with van der Waals surface area (Å²) in [5, 5.41) is 20.2. The predicted molar refractivity (Wildman–Crippen MR) is 81.9 cm³/mol. The topological polar surface area (TPSA) is 90.6 Å². The minimum absolute atomic E-state index is 0.0181. The number of benzene rings is 1. The van der Waals surface area contributed by atoms with Crippen LogP contribution in [0.25, 0.3) is 0 Å². The molecule has 1 heterocycles.